The van der Waals surface area contributed by atoms with Gasteiger partial charge in [0.2, 0.25) is 11.8 Å². The van der Waals surface area contributed by atoms with Crippen LogP contribution in [-0.2, 0) is 19.1 Å². The number of nitrogens with zero attached hydrogens (tertiary/aromatic N) is 2. The van der Waals surface area contributed by atoms with E-state index in [2.05, 4.69) is 43.2 Å². The van der Waals surface area contributed by atoms with Crippen LogP contribution in [-0.4, -0.2) is 84.0 Å². The molecule has 4 saturated carbocycles. The third-order valence-electron chi connectivity index (χ3n) is 16.4. The summed E-state index contributed by atoms with van der Waals surface area (Å²) in [4.78, 5) is 45.3. The Bertz CT molecular complexity index is 1250. The fraction of sp³-hybridized carbons (Fsp3) is 0.925. The molecule has 0 aromatic carbocycles. The van der Waals surface area contributed by atoms with Gasteiger partial charge in [0, 0.05) is 55.4 Å². The monoisotopic (exact) mass is 664 g/mol. The first-order valence-corrected chi connectivity index (χ1v) is 20.3. The van der Waals surface area contributed by atoms with Gasteiger partial charge in [-0.05, 0) is 125 Å². The Hall–Kier alpha value is -1.51. The van der Waals surface area contributed by atoms with Crippen molar-refractivity contribution in [1.29, 1.82) is 0 Å². The van der Waals surface area contributed by atoms with E-state index in [1.807, 2.05) is 4.90 Å². The minimum Gasteiger partial charge on any atom is -0.357 e. The van der Waals surface area contributed by atoms with Crippen LogP contribution in [0.5, 0.6) is 0 Å². The lowest BCUT2D eigenvalue weighted by atomic mass is 9.44. The lowest BCUT2D eigenvalue weighted by Crippen LogP contribution is -2.60. The van der Waals surface area contributed by atoms with Crippen molar-refractivity contribution in [2.24, 2.45) is 52.3 Å². The number of carbonyl (C=O) groups is 3. The molecule has 8 rings (SSSR count). The Labute approximate surface area is 289 Å². The van der Waals surface area contributed by atoms with E-state index in [4.69, 9.17) is 4.74 Å². The second kappa shape index (κ2) is 12.6. The standard InChI is InChI=1S/C40H64N4O4/c1-25-10-15-40(41-24-25)26(2)37-33(48-40)21-32-30-9-8-27-20-28(11-14-38(27,3)31(30)22-34(45)39(32,37)4)42-35(46)23-36(47)44-18-12-29(13-19-44)43-16-6-5-7-17-43/h25-33,37,41H,5-24H2,1-4H3,(H,42,46)/t25-,26-,27+,28-,30+,31-,32-,33-,37-,38-,39+,40+/m0/s1. The van der Waals surface area contributed by atoms with Gasteiger partial charge in [0.15, 0.2) is 0 Å². The molecule has 4 aliphatic carbocycles. The number of Topliss-reactive ketones (excluding diaryl/α,β-unsaturated/α-hetero) is 1. The molecule has 268 valence electrons. The highest BCUT2D eigenvalue weighted by atomic mass is 16.5. The van der Waals surface area contributed by atoms with Crippen molar-refractivity contribution in [3.8, 4) is 0 Å². The molecule has 0 unspecified atom stereocenters. The maximum atomic E-state index is 14.5. The average molecular weight is 665 g/mol. The SMILES string of the molecule is C[C@H]1CC[C@@]2(NC1)O[C@H]1C[C@H]3[C@@H]4CC[C@@H]5C[C@@H](NC(=O)CC(=O)N6CCC(N7CCCCC7)CC6)CC[C@]5(C)[C@H]4CC(=O)[C@]3(C)[C@H]1[C@@H]2C. The number of amides is 2. The molecular formula is C40H64N4O4. The van der Waals surface area contributed by atoms with Crippen LogP contribution in [0.2, 0.25) is 0 Å². The second-order valence-electron chi connectivity index (χ2n) is 18.6. The van der Waals surface area contributed by atoms with Gasteiger partial charge in [-0.3, -0.25) is 19.7 Å². The quantitative estimate of drug-likeness (QED) is 0.384. The molecule has 0 aromatic rings. The molecule has 2 amide bonds. The molecule has 12 atom stereocenters. The number of rotatable bonds is 4. The third-order valence-corrected chi connectivity index (χ3v) is 16.4. The van der Waals surface area contributed by atoms with Gasteiger partial charge < -0.3 is 19.9 Å². The molecule has 0 bridgehead atoms. The van der Waals surface area contributed by atoms with Gasteiger partial charge in [0.25, 0.3) is 0 Å². The summed E-state index contributed by atoms with van der Waals surface area (Å²) >= 11 is 0. The lowest BCUT2D eigenvalue weighted by Gasteiger charge is -2.60. The molecule has 8 heteroatoms. The van der Waals surface area contributed by atoms with Crippen molar-refractivity contribution in [3.05, 3.63) is 0 Å². The van der Waals surface area contributed by atoms with Crippen LogP contribution in [0.3, 0.4) is 0 Å². The largest absolute Gasteiger partial charge is 0.357 e. The van der Waals surface area contributed by atoms with Crippen molar-refractivity contribution in [3.63, 3.8) is 0 Å². The van der Waals surface area contributed by atoms with Crippen LogP contribution in [0.4, 0.5) is 0 Å². The number of hydrogen-bond acceptors (Lipinski definition) is 6. The van der Waals surface area contributed by atoms with E-state index >= 15 is 0 Å². The first kappa shape index (κ1) is 33.6. The van der Waals surface area contributed by atoms with E-state index in [0.29, 0.717) is 53.3 Å². The maximum absolute atomic E-state index is 14.5. The van der Waals surface area contributed by atoms with E-state index in [9.17, 15) is 14.4 Å². The van der Waals surface area contributed by atoms with Crippen molar-refractivity contribution >= 4 is 17.6 Å². The summed E-state index contributed by atoms with van der Waals surface area (Å²) in [5, 5.41) is 7.12. The Morgan fingerprint density at radius 2 is 1.69 bits per heavy atom. The number of carbonyl (C=O) groups excluding carboxylic acids is 3. The molecule has 8 aliphatic rings. The number of piperidine rings is 3. The predicted octanol–water partition coefficient (Wildman–Crippen LogP) is 5.54. The number of nitrogens with one attached hydrogen (secondary N) is 2. The lowest BCUT2D eigenvalue weighted by molar-refractivity contribution is -0.160. The van der Waals surface area contributed by atoms with Crippen LogP contribution in [0.1, 0.15) is 124 Å². The minimum absolute atomic E-state index is 0.00565. The Morgan fingerprint density at radius 1 is 0.917 bits per heavy atom. The first-order chi connectivity index (χ1) is 23.0. The molecule has 4 aliphatic heterocycles. The Morgan fingerprint density at radius 3 is 2.42 bits per heavy atom. The minimum atomic E-state index is -0.275. The molecule has 4 heterocycles. The van der Waals surface area contributed by atoms with Crippen molar-refractivity contribution in [2.45, 2.75) is 148 Å². The van der Waals surface area contributed by atoms with Gasteiger partial charge in [0.1, 0.15) is 17.9 Å². The molecule has 0 aromatic heterocycles. The van der Waals surface area contributed by atoms with Gasteiger partial charge in [-0.2, -0.15) is 0 Å². The molecule has 48 heavy (non-hydrogen) atoms. The molecule has 8 fully saturated rings. The summed E-state index contributed by atoms with van der Waals surface area (Å²) in [7, 11) is 0. The summed E-state index contributed by atoms with van der Waals surface area (Å²) in [6.07, 6.45) is 15.6. The number of likely N-dealkylation sites (tertiary alicyclic amines) is 2. The molecule has 8 nitrogen and oxygen atoms in total. The normalized spacial score (nSPS) is 48.0. The van der Waals surface area contributed by atoms with Crippen LogP contribution >= 0.6 is 0 Å². The zero-order valence-corrected chi connectivity index (χ0v) is 30.4. The summed E-state index contributed by atoms with van der Waals surface area (Å²) in [6.45, 7) is 14.5. The fourth-order valence-corrected chi connectivity index (χ4v) is 13.6. The average Bonchev–Trinajstić information content (AvgIpc) is 3.53. The van der Waals surface area contributed by atoms with E-state index in [-0.39, 0.29) is 46.9 Å². The first-order valence-electron chi connectivity index (χ1n) is 20.3. The zero-order valence-electron chi connectivity index (χ0n) is 30.4. The number of fused-ring (bicyclic) bond motifs is 7. The van der Waals surface area contributed by atoms with Crippen LogP contribution in [0.25, 0.3) is 0 Å². The third kappa shape index (κ3) is 5.43. The number of ether oxygens (including phenoxy) is 1. The molecule has 2 N–H and O–H groups in total. The smallest absolute Gasteiger partial charge is 0.232 e. The summed E-state index contributed by atoms with van der Waals surface area (Å²) in [5.74, 6) is 3.73. The van der Waals surface area contributed by atoms with Crippen molar-refractivity contribution in [2.75, 3.05) is 32.7 Å². The van der Waals surface area contributed by atoms with Crippen molar-refractivity contribution in [1.82, 2.24) is 20.4 Å². The van der Waals surface area contributed by atoms with Gasteiger partial charge >= 0.3 is 0 Å². The van der Waals surface area contributed by atoms with Crippen LogP contribution < -0.4 is 10.6 Å². The van der Waals surface area contributed by atoms with Gasteiger partial charge in [0.05, 0.1) is 6.10 Å². The fourth-order valence-electron chi connectivity index (χ4n) is 13.6. The Balaban J connectivity index is 0.860. The number of hydrogen-bond donors (Lipinski definition) is 2. The van der Waals surface area contributed by atoms with E-state index in [1.165, 1.54) is 51.6 Å². The predicted molar refractivity (Wildman–Crippen MR) is 186 cm³/mol. The summed E-state index contributed by atoms with van der Waals surface area (Å²) in [5.41, 5.74) is -0.376. The molecule has 1 spiro atoms. The molecule has 4 saturated heterocycles. The molecular weight excluding hydrogens is 600 g/mol. The Kier molecular flexibility index (Phi) is 8.84. The van der Waals surface area contributed by atoms with E-state index in [0.717, 1.165) is 71.0 Å². The van der Waals surface area contributed by atoms with Crippen molar-refractivity contribution < 1.29 is 19.1 Å². The summed E-state index contributed by atoms with van der Waals surface area (Å²) < 4.78 is 7.01. The maximum Gasteiger partial charge on any atom is 0.232 e. The highest BCUT2D eigenvalue weighted by Crippen LogP contribution is 2.70. The highest BCUT2D eigenvalue weighted by Gasteiger charge is 2.71. The van der Waals surface area contributed by atoms with Crippen LogP contribution in [0.15, 0.2) is 0 Å². The molecule has 0 radical (unpaired) electrons. The topological polar surface area (TPSA) is 91.0 Å². The van der Waals surface area contributed by atoms with Crippen LogP contribution in [0, 0.1) is 52.3 Å². The number of ketones is 1. The zero-order chi connectivity index (χ0) is 33.4. The van der Waals surface area contributed by atoms with E-state index in [1.54, 1.807) is 0 Å². The second-order valence-corrected chi connectivity index (χ2v) is 18.6. The van der Waals surface area contributed by atoms with E-state index < -0.39 is 0 Å². The van der Waals surface area contributed by atoms with Gasteiger partial charge in [-0.1, -0.05) is 34.1 Å². The van der Waals surface area contributed by atoms with Gasteiger partial charge in [-0.15, -0.1) is 0 Å². The highest BCUT2D eigenvalue weighted by molar-refractivity contribution is 5.97. The summed E-state index contributed by atoms with van der Waals surface area (Å²) in [6, 6.07) is 0.736. The van der Waals surface area contributed by atoms with Gasteiger partial charge in [-0.25, -0.2) is 0 Å².